The third-order valence-corrected chi connectivity index (χ3v) is 3.70. The first-order valence-corrected chi connectivity index (χ1v) is 7.96. The van der Waals surface area contributed by atoms with E-state index in [1.807, 2.05) is 24.3 Å². The van der Waals surface area contributed by atoms with E-state index in [4.69, 9.17) is 16.3 Å². The van der Waals surface area contributed by atoms with E-state index in [0.717, 1.165) is 11.4 Å². The van der Waals surface area contributed by atoms with Gasteiger partial charge in [0.2, 0.25) is 0 Å². The molecular weight excluding hydrogens is 338 g/mol. The Morgan fingerprint density at radius 2 is 1.88 bits per heavy atom. The van der Waals surface area contributed by atoms with E-state index >= 15 is 0 Å². The van der Waals surface area contributed by atoms with Crippen molar-refractivity contribution in [1.82, 2.24) is 4.98 Å². The summed E-state index contributed by atoms with van der Waals surface area (Å²) in [4.78, 5) is 16.5. The van der Waals surface area contributed by atoms with Crippen molar-refractivity contribution in [2.45, 2.75) is 0 Å². The maximum atomic E-state index is 12.4. The highest BCUT2D eigenvalue weighted by molar-refractivity contribution is 6.30. The first kappa shape index (κ1) is 16.8. The number of methoxy groups -OCH3 is 1. The Bertz CT molecular complexity index is 899. The van der Waals surface area contributed by atoms with Crippen molar-refractivity contribution in [2.24, 2.45) is 0 Å². The fraction of sp³-hybridized carbons (Fsp3) is 0.0526. The Kier molecular flexibility index (Phi) is 5.16. The fourth-order valence-corrected chi connectivity index (χ4v) is 2.49. The number of carbonyl (C=O) groups is 1. The number of anilines is 3. The summed E-state index contributed by atoms with van der Waals surface area (Å²) in [6, 6.07) is 17.9. The van der Waals surface area contributed by atoms with E-state index in [9.17, 15) is 4.79 Å². The number of pyridine rings is 1. The number of ether oxygens (including phenoxy) is 1. The molecule has 25 heavy (non-hydrogen) atoms. The van der Waals surface area contributed by atoms with Gasteiger partial charge < -0.3 is 15.4 Å². The maximum absolute atomic E-state index is 12.4. The van der Waals surface area contributed by atoms with Gasteiger partial charge in [0.25, 0.3) is 5.91 Å². The van der Waals surface area contributed by atoms with Gasteiger partial charge in [-0.3, -0.25) is 9.78 Å². The Hall–Kier alpha value is -3.05. The van der Waals surface area contributed by atoms with E-state index < -0.39 is 0 Å². The summed E-state index contributed by atoms with van der Waals surface area (Å²) in [5.74, 6) is 0.398. The molecular formula is C19H16ClN3O2. The van der Waals surface area contributed by atoms with Crippen molar-refractivity contribution < 1.29 is 9.53 Å². The molecule has 0 aliphatic heterocycles. The van der Waals surface area contributed by atoms with Crippen LogP contribution in [0.2, 0.25) is 5.02 Å². The van der Waals surface area contributed by atoms with Gasteiger partial charge in [-0.1, -0.05) is 29.8 Å². The van der Waals surface area contributed by atoms with E-state index in [-0.39, 0.29) is 5.91 Å². The monoisotopic (exact) mass is 353 g/mol. The number of carbonyl (C=O) groups excluding carboxylic acids is 1. The van der Waals surface area contributed by atoms with Crippen molar-refractivity contribution in [3.8, 4) is 5.75 Å². The van der Waals surface area contributed by atoms with Gasteiger partial charge in [-0.15, -0.1) is 0 Å². The maximum Gasteiger partial charge on any atom is 0.274 e. The number of amides is 1. The smallest absolute Gasteiger partial charge is 0.274 e. The van der Waals surface area contributed by atoms with Crippen molar-refractivity contribution in [3.63, 3.8) is 0 Å². The minimum Gasteiger partial charge on any atom is -0.495 e. The van der Waals surface area contributed by atoms with Crippen LogP contribution in [0.15, 0.2) is 66.9 Å². The highest BCUT2D eigenvalue weighted by atomic mass is 35.5. The number of halogens is 1. The fourth-order valence-electron chi connectivity index (χ4n) is 2.30. The van der Waals surface area contributed by atoms with Crippen LogP contribution in [0.1, 0.15) is 10.5 Å². The number of para-hydroxylation sites is 2. The molecule has 0 aliphatic rings. The van der Waals surface area contributed by atoms with Crippen LogP contribution in [-0.2, 0) is 0 Å². The van der Waals surface area contributed by atoms with Crippen molar-refractivity contribution >= 4 is 34.6 Å². The van der Waals surface area contributed by atoms with Crippen LogP contribution in [0, 0.1) is 0 Å². The molecule has 3 rings (SSSR count). The summed E-state index contributed by atoms with van der Waals surface area (Å²) in [5, 5.41) is 6.55. The van der Waals surface area contributed by atoms with Crippen LogP contribution < -0.4 is 15.4 Å². The predicted molar refractivity (Wildman–Crippen MR) is 99.9 cm³/mol. The Labute approximate surface area is 150 Å². The largest absolute Gasteiger partial charge is 0.495 e. The standard InChI is InChI=1S/C19H16ClN3O2/c1-25-18-8-3-2-7-16(18)22-15-9-10-21-17(12-15)19(24)23-14-6-4-5-13(20)11-14/h2-12H,1H3,(H,21,22)(H,23,24). The van der Waals surface area contributed by atoms with Gasteiger partial charge in [0.15, 0.2) is 0 Å². The van der Waals surface area contributed by atoms with Gasteiger partial charge in [-0.05, 0) is 42.5 Å². The number of benzene rings is 2. The van der Waals surface area contributed by atoms with Gasteiger partial charge in [0, 0.05) is 22.6 Å². The van der Waals surface area contributed by atoms with Crippen LogP contribution >= 0.6 is 11.6 Å². The molecule has 0 bridgehead atoms. The van der Waals surface area contributed by atoms with E-state index in [1.54, 1.807) is 49.7 Å². The van der Waals surface area contributed by atoms with Gasteiger partial charge in [-0.25, -0.2) is 0 Å². The minimum absolute atomic E-state index is 0.292. The zero-order chi connectivity index (χ0) is 17.6. The molecule has 2 aromatic carbocycles. The lowest BCUT2D eigenvalue weighted by molar-refractivity contribution is 0.102. The molecule has 1 heterocycles. The average Bonchev–Trinajstić information content (AvgIpc) is 2.62. The molecule has 0 spiro atoms. The predicted octanol–water partition coefficient (Wildman–Crippen LogP) is 4.74. The molecule has 6 heteroatoms. The summed E-state index contributed by atoms with van der Waals surface area (Å²) in [5.41, 5.74) is 2.44. The first-order chi connectivity index (χ1) is 12.2. The molecule has 1 amide bonds. The van der Waals surface area contributed by atoms with Crippen LogP contribution in [0.3, 0.4) is 0 Å². The van der Waals surface area contributed by atoms with Gasteiger partial charge >= 0.3 is 0 Å². The van der Waals surface area contributed by atoms with Crippen LogP contribution in [0.25, 0.3) is 0 Å². The molecule has 0 aliphatic carbocycles. The average molecular weight is 354 g/mol. The summed E-state index contributed by atoms with van der Waals surface area (Å²) in [6.07, 6.45) is 1.57. The summed E-state index contributed by atoms with van der Waals surface area (Å²) in [7, 11) is 1.61. The minimum atomic E-state index is -0.314. The zero-order valence-electron chi connectivity index (χ0n) is 13.5. The molecule has 1 aromatic heterocycles. The van der Waals surface area contributed by atoms with Crippen LogP contribution in [0.4, 0.5) is 17.1 Å². The SMILES string of the molecule is COc1ccccc1Nc1ccnc(C(=O)Nc2cccc(Cl)c2)c1. The molecule has 0 radical (unpaired) electrons. The molecule has 0 fully saturated rings. The van der Waals surface area contributed by atoms with E-state index in [2.05, 4.69) is 15.6 Å². The zero-order valence-corrected chi connectivity index (χ0v) is 14.2. The second-order valence-electron chi connectivity index (χ2n) is 5.22. The second-order valence-corrected chi connectivity index (χ2v) is 5.66. The summed E-state index contributed by atoms with van der Waals surface area (Å²) >= 11 is 5.93. The number of nitrogens with zero attached hydrogens (tertiary/aromatic N) is 1. The lowest BCUT2D eigenvalue weighted by Gasteiger charge is -2.11. The summed E-state index contributed by atoms with van der Waals surface area (Å²) in [6.45, 7) is 0. The number of hydrogen-bond donors (Lipinski definition) is 2. The van der Waals surface area contributed by atoms with Crippen LogP contribution in [0.5, 0.6) is 5.75 Å². The molecule has 2 N–H and O–H groups in total. The third kappa shape index (κ3) is 4.28. The van der Waals surface area contributed by atoms with Crippen molar-refractivity contribution in [1.29, 1.82) is 0 Å². The second kappa shape index (κ2) is 7.68. The molecule has 0 saturated carbocycles. The third-order valence-electron chi connectivity index (χ3n) is 3.46. The molecule has 3 aromatic rings. The Morgan fingerprint density at radius 1 is 1.04 bits per heavy atom. The Balaban J connectivity index is 1.78. The Morgan fingerprint density at radius 3 is 2.68 bits per heavy atom. The number of nitrogens with one attached hydrogen (secondary N) is 2. The van der Waals surface area contributed by atoms with Crippen molar-refractivity contribution in [2.75, 3.05) is 17.7 Å². The quantitative estimate of drug-likeness (QED) is 0.695. The lowest BCUT2D eigenvalue weighted by Crippen LogP contribution is -2.13. The number of rotatable bonds is 5. The lowest BCUT2D eigenvalue weighted by atomic mass is 10.2. The van der Waals surface area contributed by atoms with Crippen molar-refractivity contribution in [3.05, 3.63) is 77.6 Å². The first-order valence-electron chi connectivity index (χ1n) is 7.59. The van der Waals surface area contributed by atoms with Gasteiger partial charge in [0.1, 0.15) is 11.4 Å². The molecule has 0 saturated heterocycles. The highest BCUT2D eigenvalue weighted by Crippen LogP contribution is 2.27. The normalized spacial score (nSPS) is 10.2. The van der Waals surface area contributed by atoms with E-state index in [0.29, 0.717) is 22.2 Å². The topological polar surface area (TPSA) is 63.2 Å². The van der Waals surface area contributed by atoms with Crippen LogP contribution in [-0.4, -0.2) is 18.0 Å². The van der Waals surface area contributed by atoms with E-state index in [1.165, 1.54) is 0 Å². The van der Waals surface area contributed by atoms with Gasteiger partial charge in [-0.2, -0.15) is 0 Å². The number of aromatic nitrogens is 1. The molecule has 0 atom stereocenters. The highest BCUT2D eigenvalue weighted by Gasteiger charge is 2.10. The number of hydrogen-bond acceptors (Lipinski definition) is 4. The molecule has 0 unspecified atom stereocenters. The summed E-state index contributed by atoms with van der Waals surface area (Å²) < 4.78 is 5.32. The van der Waals surface area contributed by atoms with Gasteiger partial charge in [0.05, 0.1) is 12.8 Å². The molecule has 126 valence electrons. The molecule has 5 nitrogen and oxygen atoms in total.